The average molecular weight is 528 g/mol. The summed E-state index contributed by atoms with van der Waals surface area (Å²) in [6, 6.07) is 13.1. The van der Waals surface area contributed by atoms with Crippen molar-refractivity contribution in [3.63, 3.8) is 0 Å². The summed E-state index contributed by atoms with van der Waals surface area (Å²) >= 11 is 1.51. The number of sulfone groups is 1. The summed E-state index contributed by atoms with van der Waals surface area (Å²) in [4.78, 5) is 9.57. The Morgan fingerprint density at radius 2 is 1.87 bits per heavy atom. The van der Waals surface area contributed by atoms with Crippen molar-refractivity contribution in [3.8, 4) is 5.75 Å². The first-order chi connectivity index (χ1) is 14.3. The SMILES string of the molecule is Br.COc1ccccc1N1CCN(C(N)Cc2nc3ccc(S(C)(=O)=O)cc3s2)CC1. The number of piperazine rings is 1. The molecule has 31 heavy (non-hydrogen) atoms. The van der Waals surface area contributed by atoms with Gasteiger partial charge in [0.2, 0.25) is 0 Å². The standard InChI is InChI=1S/C21H26N4O3S2.BrH/c1-28-18-6-4-3-5-17(18)24-9-11-25(12-10-24)20(22)14-21-23-16-8-7-15(30(2,26)27)13-19(16)29-21;/h3-8,13,20H,9-12,14,22H2,1-2H3;1H. The highest BCUT2D eigenvalue weighted by Gasteiger charge is 2.24. The van der Waals surface area contributed by atoms with Gasteiger partial charge < -0.3 is 15.4 Å². The van der Waals surface area contributed by atoms with Crippen molar-refractivity contribution in [2.75, 3.05) is 44.4 Å². The lowest BCUT2D eigenvalue weighted by Gasteiger charge is -2.39. The predicted molar refractivity (Wildman–Crippen MR) is 132 cm³/mol. The summed E-state index contributed by atoms with van der Waals surface area (Å²) in [6.45, 7) is 3.49. The van der Waals surface area contributed by atoms with Crippen molar-refractivity contribution in [1.29, 1.82) is 0 Å². The minimum atomic E-state index is -3.23. The first-order valence-corrected chi connectivity index (χ1v) is 12.5. The average Bonchev–Trinajstić information content (AvgIpc) is 3.14. The normalized spacial score (nSPS) is 16.2. The van der Waals surface area contributed by atoms with Gasteiger partial charge in [0, 0.05) is 38.9 Å². The van der Waals surface area contributed by atoms with Crippen LogP contribution < -0.4 is 15.4 Å². The molecule has 1 unspecified atom stereocenters. The Bertz CT molecular complexity index is 1140. The van der Waals surface area contributed by atoms with E-state index in [4.69, 9.17) is 10.5 Å². The second kappa shape index (κ2) is 9.83. The van der Waals surface area contributed by atoms with Crippen LogP contribution >= 0.6 is 28.3 Å². The van der Waals surface area contributed by atoms with Gasteiger partial charge in [-0.2, -0.15) is 0 Å². The fraction of sp³-hybridized carbons (Fsp3) is 0.381. The summed E-state index contributed by atoms with van der Waals surface area (Å²) < 4.78 is 29.9. The number of hydrogen-bond acceptors (Lipinski definition) is 8. The van der Waals surface area contributed by atoms with Crippen molar-refractivity contribution in [1.82, 2.24) is 9.88 Å². The monoisotopic (exact) mass is 526 g/mol. The quantitative estimate of drug-likeness (QED) is 0.528. The van der Waals surface area contributed by atoms with Crippen LogP contribution in [0.2, 0.25) is 0 Å². The van der Waals surface area contributed by atoms with E-state index >= 15 is 0 Å². The van der Waals surface area contributed by atoms with E-state index in [9.17, 15) is 8.42 Å². The lowest BCUT2D eigenvalue weighted by Crippen LogP contribution is -2.54. The Morgan fingerprint density at radius 1 is 1.16 bits per heavy atom. The van der Waals surface area contributed by atoms with Gasteiger partial charge in [-0.3, -0.25) is 4.90 Å². The van der Waals surface area contributed by atoms with E-state index in [1.807, 2.05) is 18.2 Å². The van der Waals surface area contributed by atoms with Gasteiger partial charge in [-0.1, -0.05) is 12.1 Å². The number of rotatable bonds is 6. The molecule has 1 aromatic heterocycles. The number of ether oxygens (including phenoxy) is 1. The van der Waals surface area contributed by atoms with Gasteiger partial charge in [-0.15, -0.1) is 28.3 Å². The van der Waals surface area contributed by atoms with Gasteiger partial charge in [0.15, 0.2) is 9.84 Å². The number of aromatic nitrogens is 1. The molecule has 2 aromatic carbocycles. The van der Waals surface area contributed by atoms with E-state index in [1.54, 1.807) is 25.3 Å². The number of fused-ring (bicyclic) bond motifs is 1. The smallest absolute Gasteiger partial charge is 0.175 e. The molecule has 4 rings (SSSR count). The molecule has 1 fully saturated rings. The van der Waals surface area contributed by atoms with Crippen LogP contribution in [0.1, 0.15) is 5.01 Å². The highest BCUT2D eigenvalue weighted by atomic mass is 79.9. The Morgan fingerprint density at radius 3 is 2.55 bits per heavy atom. The van der Waals surface area contributed by atoms with Crippen molar-refractivity contribution in [3.05, 3.63) is 47.5 Å². The van der Waals surface area contributed by atoms with Crippen molar-refractivity contribution < 1.29 is 13.2 Å². The topological polar surface area (TPSA) is 88.8 Å². The maximum atomic E-state index is 11.8. The molecule has 7 nitrogen and oxygen atoms in total. The first-order valence-electron chi connectivity index (χ1n) is 9.82. The molecule has 0 amide bonds. The fourth-order valence-electron chi connectivity index (χ4n) is 3.76. The Balaban J connectivity index is 0.00000272. The third-order valence-corrected chi connectivity index (χ3v) is 7.58. The zero-order chi connectivity index (χ0) is 21.3. The molecule has 168 valence electrons. The molecular weight excluding hydrogens is 500 g/mol. The number of halogens is 1. The van der Waals surface area contributed by atoms with Gasteiger partial charge >= 0.3 is 0 Å². The third kappa shape index (κ3) is 5.38. The van der Waals surface area contributed by atoms with E-state index in [2.05, 4.69) is 20.9 Å². The molecule has 1 aliphatic rings. The van der Waals surface area contributed by atoms with Crippen LogP contribution in [0.4, 0.5) is 5.69 Å². The second-order valence-corrected chi connectivity index (χ2v) is 10.6. The van der Waals surface area contributed by atoms with E-state index in [0.29, 0.717) is 11.3 Å². The number of thiazole rings is 1. The van der Waals surface area contributed by atoms with Crippen molar-refractivity contribution in [2.24, 2.45) is 5.73 Å². The predicted octanol–water partition coefficient (Wildman–Crippen LogP) is 2.94. The summed E-state index contributed by atoms with van der Waals surface area (Å²) in [5, 5.41) is 0.926. The highest BCUT2D eigenvalue weighted by molar-refractivity contribution is 8.93. The Labute approximate surface area is 197 Å². The molecule has 2 N–H and O–H groups in total. The van der Waals surface area contributed by atoms with Gasteiger partial charge in [-0.05, 0) is 30.3 Å². The highest BCUT2D eigenvalue weighted by Crippen LogP contribution is 2.29. The van der Waals surface area contributed by atoms with Crippen LogP contribution in [0, 0.1) is 0 Å². The van der Waals surface area contributed by atoms with Crippen LogP contribution in [-0.2, 0) is 16.3 Å². The molecule has 10 heteroatoms. The molecule has 1 saturated heterocycles. The second-order valence-electron chi connectivity index (χ2n) is 7.48. The minimum absolute atomic E-state index is 0. The molecule has 0 bridgehead atoms. The summed E-state index contributed by atoms with van der Waals surface area (Å²) in [5.41, 5.74) is 8.42. The summed E-state index contributed by atoms with van der Waals surface area (Å²) in [6.07, 6.45) is 1.73. The minimum Gasteiger partial charge on any atom is -0.495 e. The molecule has 2 heterocycles. The Kier molecular flexibility index (Phi) is 7.59. The number of nitrogens with zero attached hydrogens (tertiary/aromatic N) is 3. The largest absolute Gasteiger partial charge is 0.495 e. The zero-order valence-electron chi connectivity index (χ0n) is 17.5. The van der Waals surface area contributed by atoms with Crippen molar-refractivity contribution >= 4 is 54.1 Å². The van der Waals surface area contributed by atoms with Crippen LogP contribution in [0.15, 0.2) is 47.4 Å². The first kappa shape index (κ1) is 23.9. The van der Waals surface area contributed by atoms with E-state index in [0.717, 1.165) is 52.8 Å². The van der Waals surface area contributed by atoms with E-state index < -0.39 is 9.84 Å². The number of para-hydroxylation sites is 2. The maximum Gasteiger partial charge on any atom is 0.175 e. The van der Waals surface area contributed by atoms with Crippen LogP contribution in [-0.4, -0.2) is 64.0 Å². The Hall–Kier alpha value is -1.72. The summed E-state index contributed by atoms with van der Waals surface area (Å²) in [7, 11) is -1.53. The van der Waals surface area contributed by atoms with Gasteiger partial charge in [0.1, 0.15) is 5.75 Å². The molecular formula is C21H27BrN4O3S2. The van der Waals surface area contributed by atoms with Crippen LogP contribution in [0.25, 0.3) is 10.2 Å². The van der Waals surface area contributed by atoms with Gasteiger partial charge in [0.25, 0.3) is 0 Å². The van der Waals surface area contributed by atoms with Gasteiger partial charge in [0.05, 0.1) is 39.1 Å². The number of methoxy groups -OCH3 is 1. The molecule has 1 atom stereocenters. The fourth-order valence-corrected chi connectivity index (χ4v) is 5.54. The lowest BCUT2D eigenvalue weighted by atomic mass is 10.2. The molecule has 0 radical (unpaired) electrons. The van der Waals surface area contributed by atoms with E-state index in [-0.39, 0.29) is 23.1 Å². The number of anilines is 1. The number of benzene rings is 2. The molecule has 0 saturated carbocycles. The number of hydrogen-bond donors (Lipinski definition) is 1. The van der Waals surface area contributed by atoms with Crippen LogP contribution in [0.3, 0.4) is 0 Å². The third-order valence-electron chi connectivity index (χ3n) is 5.43. The van der Waals surface area contributed by atoms with Crippen molar-refractivity contribution in [2.45, 2.75) is 17.5 Å². The van der Waals surface area contributed by atoms with Gasteiger partial charge in [-0.25, -0.2) is 13.4 Å². The zero-order valence-corrected chi connectivity index (χ0v) is 20.9. The lowest BCUT2D eigenvalue weighted by molar-refractivity contribution is 0.187. The molecule has 1 aliphatic heterocycles. The number of nitrogens with two attached hydrogens (primary N) is 1. The molecule has 0 spiro atoms. The molecule has 3 aromatic rings. The van der Waals surface area contributed by atoms with Crippen LogP contribution in [0.5, 0.6) is 5.75 Å². The maximum absolute atomic E-state index is 11.8. The molecule has 0 aliphatic carbocycles. The van der Waals surface area contributed by atoms with E-state index in [1.165, 1.54) is 17.6 Å². The summed E-state index contributed by atoms with van der Waals surface area (Å²) in [5.74, 6) is 0.887.